The third-order valence-electron chi connectivity index (χ3n) is 5.25. The third kappa shape index (κ3) is 5.59. The van der Waals surface area contributed by atoms with Gasteiger partial charge < -0.3 is 11.1 Å². The molecular weight excluding hydrogens is 463 g/mol. The summed E-state index contributed by atoms with van der Waals surface area (Å²) in [5.74, 6) is 0.407. The molecule has 0 bridgehead atoms. The van der Waals surface area contributed by atoms with Gasteiger partial charge in [0.2, 0.25) is 5.91 Å². The second-order valence-electron chi connectivity index (χ2n) is 7.87. The Hall–Kier alpha value is -2.78. The number of amides is 1. The smallest absolute Gasteiger partial charge is 0.239 e. The summed E-state index contributed by atoms with van der Waals surface area (Å²) in [5, 5.41) is 7.97. The van der Waals surface area contributed by atoms with Crippen LogP contribution in [-0.4, -0.2) is 45.5 Å². The van der Waals surface area contributed by atoms with E-state index in [9.17, 15) is 9.59 Å². The first-order chi connectivity index (χ1) is 15.6. The average Bonchev–Trinajstić information content (AvgIpc) is 3.04. The van der Waals surface area contributed by atoms with Gasteiger partial charge in [-0.05, 0) is 38.6 Å². The molecule has 3 rings (SSSR count). The van der Waals surface area contributed by atoms with Crippen molar-refractivity contribution >= 4 is 41.2 Å². The van der Waals surface area contributed by atoms with Gasteiger partial charge in [-0.2, -0.15) is 5.10 Å². The number of rotatable bonds is 8. The maximum Gasteiger partial charge on any atom is 0.239 e. The molecule has 0 aliphatic carbocycles. The number of aromatic nitrogens is 3. The number of aldehydes is 1. The van der Waals surface area contributed by atoms with Crippen LogP contribution in [0.2, 0.25) is 10.0 Å². The van der Waals surface area contributed by atoms with E-state index in [1.165, 1.54) is 0 Å². The number of hydrogen-bond acceptors (Lipinski definition) is 6. The number of likely N-dealkylation sites (N-methyl/N-ethyl adjacent to an activating group) is 1. The summed E-state index contributed by atoms with van der Waals surface area (Å²) < 4.78 is 1.61. The zero-order valence-corrected chi connectivity index (χ0v) is 20.5. The number of anilines is 1. The van der Waals surface area contributed by atoms with E-state index in [1.54, 1.807) is 47.9 Å². The largest absolute Gasteiger partial charge is 0.326 e. The molecule has 3 aromatic rings. The van der Waals surface area contributed by atoms with Gasteiger partial charge in [0, 0.05) is 58.6 Å². The topological polar surface area (TPSA) is 106 Å². The van der Waals surface area contributed by atoms with Crippen LogP contribution in [0.25, 0.3) is 11.1 Å². The van der Waals surface area contributed by atoms with Gasteiger partial charge in [-0.1, -0.05) is 29.3 Å². The number of nitrogens with zero attached hydrogens (tertiary/aromatic N) is 4. The lowest BCUT2D eigenvalue weighted by molar-refractivity contribution is -0.117. The Morgan fingerprint density at radius 2 is 2.00 bits per heavy atom. The van der Waals surface area contributed by atoms with Gasteiger partial charge in [0.05, 0.1) is 17.9 Å². The van der Waals surface area contributed by atoms with Crippen molar-refractivity contribution in [2.45, 2.75) is 26.9 Å². The first-order valence-electron chi connectivity index (χ1n) is 10.3. The molecule has 0 spiro atoms. The Morgan fingerprint density at radius 3 is 2.58 bits per heavy atom. The Labute approximate surface area is 202 Å². The number of hydrogen-bond donors (Lipinski definition) is 2. The van der Waals surface area contributed by atoms with Crippen molar-refractivity contribution in [1.82, 2.24) is 19.7 Å². The monoisotopic (exact) mass is 488 g/mol. The van der Waals surface area contributed by atoms with E-state index >= 15 is 0 Å². The molecule has 1 aromatic carbocycles. The summed E-state index contributed by atoms with van der Waals surface area (Å²) in [7, 11) is 3.54. The molecule has 0 aliphatic rings. The first-order valence-corrected chi connectivity index (χ1v) is 11.0. The minimum atomic E-state index is -0.204. The van der Waals surface area contributed by atoms with Crippen molar-refractivity contribution in [3.8, 4) is 11.1 Å². The Balaban J connectivity index is 1.91. The lowest BCUT2D eigenvalue weighted by Crippen LogP contribution is -2.31. The van der Waals surface area contributed by atoms with Crippen LogP contribution in [-0.2, 0) is 24.9 Å². The molecule has 0 aliphatic heterocycles. The zero-order valence-electron chi connectivity index (χ0n) is 18.9. The number of halogens is 2. The van der Waals surface area contributed by atoms with Crippen molar-refractivity contribution in [2.75, 3.05) is 18.9 Å². The summed E-state index contributed by atoms with van der Waals surface area (Å²) in [5.41, 5.74) is 10.5. The van der Waals surface area contributed by atoms with Crippen molar-refractivity contribution < 1.29 is 9.59 Å². The van der Waals surface area contributed by atoms with Crippen LogP contribution in [0.5, 0.6) is 0 Å². The number of nitrogens with two attached hydrogens (primary N) is 1. The van der Waals surface area contributed by atoms with E-state index in [-0.39, 0.29) is 25.5 Å². The van der Waals surface area contributed by atoms with Crippen molar-refractivity contribution in [3.63, 3.8) is 0 Å². The molecule has 8 nitrogen and oxygen atoms in total. The molecule has 0 saturated heterocycles. The number of nitrogens with one attached hydrogen (secondary N) is 1. The Bertz CT molecular complexity index is 1210. The van der Waals surface area contributed by atoms with Crippen LogP contribution >= 0.6 is 23.2 Å². The second-order valence-corrected chi connectivity index (χ2v) is 8.72. The summed E-state index contributed by atoms with van der Waals surface area (Å²) >= 11 is 12.5. The molecule has 2 aromatic heterocycles. The lowest BCUT2D eigenvalue weighted by atomic mass is 9.92. The van der Waals surface area contributed by atoms with E-state index in [0.717, 1.165) is 17.5 Å². The number of carbonyl (C=O) groups excluding carboxylic acids is 2. The molecule has 0 fully saturated rings. The van der Waals surface area contributed by atoms with Gasteiger partial charge in [-0.3, -0.25) is 24.2 Å². The molecule has 3 N–H and O–H groups in total. The fourth-order valence-corrected chi connectivity index (χ4v) is 4.28. The van der Waals surface area contributed by atoms with E-state index in [1.807, 2.05) is 13.8 Å². The zero-order chi connectivity index (χ0) is 24.3. The van der Waals surface area contributed by atoms with Crippen molar-refractivity contribution in [1.29, 1.82) is 0 Å². The quantitative estimate of drug-likeness (QED) is 0.467. The molecule has 0 atom stereocenters. The maximum absolute atomic E-state index is 12.5. The van der Waals surface area contributed by atoms with E-state index in [0.29, 0.717) is 43.9 Å². The molecular formula is C23H26Cl2N6O2. The highest BCUT2D eigenvalue weighted by atomic mass is 35.5. The van der Waals surface area contributed by atoms with Crippen LogP contribution in [0, 0.1) is 13.8 Å². The average molecular weight is 489 g/mol. The minimum absolute atomic E-state index is 0.0962. The SMILES string of the molecule is Cc1cc(NC(=O)CN(C)Cc2nc(C)c(CN)c(-c3ccc(Cl)cc3Cl)c2C=O)n(C)n1. The van der Waals surface area contributed by atoms with Gasteiger partial charge in [-0.15, -0.1) is 0 Å². The van der Waals surface area contributed by atoms with E-state index in [2.05, 4.69) is 15.4 Å². The predicted octanol–water partition coefficient (Wildman–Crippen LogP) is 3.75. The van der Waals surface area contributed by atoms with E-state index < -0.39 is 0 Å². The molecule has 0 radical (unpaired) electrons. The molecule has 0 saturated carbocycles. The highest BCUT2D eigenvalue weighted by Gasteiger charge is 2.21. The molecule has 2 heterocycles. The second kappa shape index (κ2) is 10.4. The van der Waals surface area contributed by atoms with Crippen LogP contribution in [0.4, 0.5) is 5.82 Å². The van der Waals surface area contributed by atoms with Crippen molar-refractivity contribution in [3.05, 3.63) is 62.5 Å². The molecule has 0 unspecified atom stereocenters. The minimum Gasteiger partial charge on any atom is -0.326 e. The van der Waals surface area contributed by atoms with Crippen LogP contribution in [0.1, 0.15) is 33.0 Å². The fraction of sp³-hybridized carbons (Fsp3) is 0.304. The summed E-state index contributed by atoms with van der Waals surface area (Å²) in [4.78, 5) is 31.1. The highest BCUT2D eigenvalue weighted by molar-refractivity contribution is 6.36. The summed E-state index contributed by atoms with van der Waals surface area (Å²) in [6, 6.07) is 6.90. The van der Waals surface area contributed by atoms with Gasteiger partial charge in [-0.25, -0.2) is 0 Å². The molecule has 174 valence electrons. The molecule has 33 heavy (non-hydrogen) atoms. The number of pyridine rings is 1. The number of benzene rings is 1. The maximum atomic E-state index is 12.5. The van der Waals surface area contributed by atoms with Gasteiger partial charge >= 0.3 is 0 Å². The molecule has 10 heteroatoms. The number of carbonyl (C=O) groups is 2. The van der Waals surface area contributed by atoms with Gasteiger partial charge in [0.15, 0.2) is 6.29 Å². The lowest BCUT2D eigenvalue weighted by Gasteiger charge is -2.21. The fourth-order valence-electron chi connectivity index (χ4n) is 3.78. The Morgan fingerprint density at radius 1 is 1.27 bits per heavy atom. The highest BCUT2D eigenvalue weighted by Crippen LogP contribution is 2.36. The third-order valence-corrected chi connectivity index (χ3v) is 5.79. The van der Waals surface area contributed by atoms with Gasteiger partial charge in [0.1, 0.15) is 5.82 Å². The summed E-state index contributed by atoms with van der Waals surface area (Å²) in [6.07, 6.45) is 0.757. The Kier molecular flexibility index (Phi) is 7.86. The van der Waals surface area contributed by atoms with Crippen LogP contribution in [0.3, 0.4) is 0 Å². The van der Waals surface area contributed by atoms with Crippen LogP contribution < -0.4 is 11.1 Å². The number of aryl methyl sites for hydroxylation is 3. The van der Waals surface area contributed by atoms with Crippen molar-refractivity contribution in [2.24, 2.45) is 12.8 Å². The summed E-state index contributed by atoms with van der Waals surface area (Å²) in [6.45, 7) is 4.25. The normalized spacial score (nSPS) is 11.2. The first kappa shape index (κ1) is 24.9. The standard InChI is InChI=1S/C23H26Cl2N6O2/c1-13-7-21(31(4)29-13)28-22(33)11-30(3)10-20-18(12-32)23(17(9-26)14(2)27-20)16-6-5-15(24)8-19(16)25/h5-8,12H,9-11,26H2,1-4H3,(H,28,33). The molecule has 1 amide bonds. The van der Waals surface area contributed by atoms with E-state index in [4.69, 9.17) is 28.9 Å². The van der Waals surface area contributed by atoms with Crippen LogP contribution in [0.15, 0.2) is 24.3 Å². The predicted molar refractivity (Wildman–Crippen MR) is 131 cm³/mol. The van der Waals surface area contributed by atoms with Gasteiger partial charge in [0.25, 0.3) is 0 Å².